The molecule has 1 heterocycles. The highest BCUT2D eigenvalue weighted by molar-refractivity contribution is 5.92. The normalized spacial score (nSPS) is 21.7. The van der Waals surface area contributed by atoms with E-state index >= 15 is 0 Å². The van der Waals surface area contributed by atoms with E-state index < -0.39 is 12.0 Å². The van der Waals surface area contributed by atoms with E-state index in [0.717, 1.165) is 6.42 Å². The lowest BCUT2D eigenvalue weighted by atomic mass is 10.0. The summed E-state index contributed by atoms with van der Waals surface area (Å²) in [4.78, 5) is 24.9. The van der Waals surface area contributed by atoms with Crippen LogP contribution in [-0.2, 0) is 9.59 Å². The summed E-state index contributed by atoms with van der Waals surface area (Å²) in [6.45, 7) is 2.55. The number of anilines is 1. The topological polar surface area (TPSA) is 93.4 Å². The molecule has 0 spiro atoms. The molecule has 0 radical (unpaired) electrons. The van der Waals surface area contributed by atoms with E-state index in [4.69, 9.17) is 5.26 Å². The van der Waals surface area contributed by atoms with E-state index in [1.807, 2.05) is 13.0 Å². The van der Waals surface area contributed by atoms with Crippen LogP contribution in [0.1, 0.15) is 18.9 Å². The molecule has 1 saturated heterocycles. The highest BCUT2D eigenvalue weighted by Crippen LogP contribution is 2.23. The Kier molecular flexibility index (Phi) is 4.55. The number of amides is 1. The molecule has 1 aliphatic heterocycles. The molecular weight excluding hydrogens is 270 g/mol. The summed E-state index contributed by atoms with van der Waals surface area (Å²) in [5.41, 5.74) is 1.12. The molecule has 110 valence electrons. The molecule has 21 heavy (non-hydrogen) atoms. The van der Waals surface area contributed by atoms with E-state index in [1.54, 1.807) is 29.2 Å². The number of carboxylic acid groups (broad SMARTS) is 1. The summed E-state index contributed by atoms with van der Waals surface area (Å²) >= 11 is 0. The second-order valence-corrected chi connectivity index (χ2v) is 5.26. The predicted molar refractivity (Wildman–Crippen MR) is 76.6 cm³/mol. The number of carboxylic acids is 1. The van der Waals surface area contributed by atoms with Crippen molar-refractivity contribution in [1.29, 1.82) is 5.26 Å². The Hall–Kier alpha value is -2.39. The number of rotatable bonds is 4. The van der Waals surface area contributed by atoms with Gasteiger partial charge in [-0.1, -0.05) is 6.92 Å². The molecule has 1 amide bonds. The van der Waals surface area contributed by atoms with E-state index in [0.29, 0.717) is 17.8 Å². The Morgan fingerprint density at radius 1 is 1.43 bits per heavy atom. The number of hydrogen-bond acceptors (Lipinski definition) is 4. The Labute approximate surface area is 123 Å². The van der Waals surface area contributed by atoms with Gasteiger partial charge in [0.1, 0.15) is 6.04 Å². The van der Waals surface area contributed by atoms with E-state index in [2.05, 4.69) is 5.32 Å². The number of nitriles is 1. The zero-order valence-corrected chi connectivity index (χ0v) is 11.7. The van der Waals surface area contributed by atoms with Crippen molar-refractivity contribution in [2.24, 2.45) is 5.92 Å². The first-order chi connectivity index (χ1) is 10.0. The van der Waals surface area contributed by atoms with Gasteiger partial charge in [-0.25, -0.2) is 0 Å². The van der Waals surface area contributed by atoms with Gasteiger partial charge in [0.25, 0.3) is 0 Å². The van der Waals surface area contributed by atoms with Gasteiger partial charge in [-0.05, 0) is 43.1 Å². The van der Waals surface area contributed by atoms with Crippen molar-refractivity contribution in [2.75, 3.05) is 18.4 Å². The van der Waals surface area contributed by atoms with Crippen LogP contribution in [0, 0.1) is 17.2 Å². The molecular formula is C15H17N3O3. The van der Waals surface area contributed by atoms with Crippen LogP contribution in [0.15, 0.2) is 24.3 Å². The summed E-state index contributed by atoms with van der Waals surface area (Å²) in [5, 5.41) is 20.6. The van der Waals surface area contributed by atoms with Gasteiger partial charge in [-0.3, -0.25) is 14.5 Å². The number of nitrogens with zero attached hydrogens (tertiary/aromatic N) is 2. The largest absolute Gasteiger partial charge is 0.480 e. The van der Waals surface area contributed by atoms with Crippen molar-refractivity contribution in [3.63, 3.8) is 0 Å². The van der Waals surface area contributed by atoms with Crippen LogP contribution in [0.4, 0.5) is 5.69 Å². The van der Waals surface area contributed by atoms with Crippen molar-refractivity contribution in [3.05, 3.63) is 29.8 Å². The molecule has 0 aliphatic carbocycles. The lowest BCUT2D eigenvalue weighted by molar-refractivity contribution is -0.143. The first kappa shape index (κ1) is 15.0. The lowest BCUT2D eigenvalue weighted by Gasteiger charge is -2.22. The minimum Gasteiger partial charge on any atom is -0.480 e. The molecule has 0 saturated carbocycles. The van der Waals surface area contributed by atoms with Gasteiger partial charge in [0, 0.05) is 5.69 Å². The maximum absolute atomic E-state index is 12.0. The minimum absolute atomic E-state index is 0.0465. The number of carbonyl (C=O) groups excluding carboxylic acids is 1. The third-order valence-electron chi connectivity index (χ3n) is 3.70. The minimum atomic E-state index is -0.883. The standard InChI is InChI=1S/C15H17N3O3/c1-10-6-7-18(14(10)15(20)21)9-13(19)17-12-4-2-11(8-16)3-5-12/h2-5,10,14H,6-7,9H2,1H3,(H,17,19)(H,20,21). The first-order valence-corrected chi connectivity index (χ1v) is 6.78. The monoisotopic (exact) mass is 287 g/mol. The molecule has 1 fully saturated rings. The average Bonchev–Trinajstić information content (AvgIpc) is 2.80. The van der Waals surface area contributed by atoms with Gasteiger partial charge in [0.15, 0.2) is 0 Å². The fourth-order valence-corrected chi connectivity index (χ4v) is 2.62. The maximum atomic E-state index is 12.0. The number of likely N-dealkylation sites (tertiary alicyclic amines) is 1. The van der Waals surface area contributed by atoms with Crippen molar-refractivity contribution in [3.8, 4) is 6.07 Å². The van der Waals surface area contributed by atoms with Crippen LogP contribution in [0.3, 0.4) is 0 Å². The van der Waals surface area contributed by atoms with Crippen LogP contribution in [0.5, 0.6) is 0 Å². The summed E-state index contributed by atoms with van der Waals surface area (Å²) < 4.78 is 0. The Morgan fingerprint density at radius 2 is 2.10 bits per heavy atom. The summed E-state index contributed by atoms with van der Waals surface area (Å²) in [6, 6.07) is 7.94. The van der Waals surface area contributed by atoms with E-state index in [9.17, 15) is 14.7 Å². The Balaban J connectivity index is 1.95. The number of aliphatic carboxylic acids is 1. The highest BCUT2D eigenvalue weighted by Gasteiger charge is 2.37. The fraction of sp³-hybridized carbons (Fsp3) is 0.400. The molecule has 6 nitrogen and oxygen atoms in total. The Morgan fingerprint density at radius 3 is 2.67 bits per heavy atom. The molecule has 1 aromatic rings. The van der Waals surface area contributed by atoms with Crippen molar-refractivity contribution in [1.82, 2.24) is 4.90 Å². The number of nitrogens with one attached hydrogen (secondary N) is 1. The molecule has 1 aromatic carbocycles. The molecule has 0 aromatic heterocycles. The van der Waals surface area contributed by atoms with Gasteiger partial charge < -0.3 is 10.4 Å². The molecule has 6 heteroatoms. The van der Waals surface area contributed by atoms with Crippen LogP contribution < -0.4 is 5.32 Å². The van der Waals surface area contributed by atoms with Crippen LogP contribution in [-0.4, -0.2) is 41.0 Å². The molecule has 2 atom stereocenters. The van der Waals surface area contributed by atoms with Gasteiger partial charge in [0.2, 0.25) is 5.91 Å². The van der Waals surface area contributed by atoms with Crippen molar-refractivity contribution >= 4 is 17.6 Å². The van der Waals surface area contributed by atoms with Gasteiger partial charge in [0.05, 0.1) is 18.2 Å². The summed E-state index contributed by atoms with van der Waals surface area (Å²) in [6.07, 6.45) is 0.779. The van der Waals surface area contributed by atoms with Crippen LogP contribution in [0.2, 0.25) is 0 Å². The molecule has 2 rings (SSSR count). The second-order valence-electron chi connectivity index (χ2n) is 5.26. The molecule has 2 N–H and O–H groups in total. The van der Waals surface area contributed by atoms with Gasteiger partial charge >= 0.3 is 5.97 Å². The van der Waals surface area contributed by atoms with Crippen molar-refractivity contribution < 1.29 is 14.7 Å². The SMILES string of the molecule is CC1CCN(CC(=O)Nc2ccc(C#N)cc2)C1C(=O)O. The average molecular weight is 287 g/mol. The zero-order valence-electron chi connectivity index (χ0n) is 11.7. The van der Waals surface area contributed by atoms with Crippen LogP contribution in [0.25, 0.3) is 0 Å². The first-order valence-electron chi connectivity index (χ1n) is 6.78. The Bertz CT molecular complexity index is 577. The van der Waals surface area contributed by atoms with Gasteiger partial charge in [-0.2, -0.15) is 5.26 Å². The number of hydrogen-bond donors (Lipinski definition) is 2. The summed E-state index contributed by atoms with van der Waals surface area (Å²) in [7, 11) is 0. The van der Waals surface area contributed by atoms with Gasteiger partial charge in [-0.15, -0.1) is 0 Å². The predicted octanol–water partition coefficient (Wildman–Crippen LogP) is 1.29. The lowest BCUT2D eigenvalue weighted by Crippen LogP contribution is -2.43. The van der Waals surface area contributed by atoms with Crippen LogP contribution >= 0.6 is 0 Å². The third-order valence-corrected chi connectivity index (χ3v) is 3.70. The molecule has 1 aliphatic rings. The third kappa shape index (κ3) is 3.58. The molecule has 2 unspecified atom stereocenters. The highest BCUT2D eigenvalue weighted by atomic mass is 16.4. The number of benzene rings is 1. The van der Waals surface area contributed by atoms with E-state index in [1.165, 1.54) is 0 Å². The quantitative estimate of drug-likeness (QED) is 0.870. The van der Waals surface area contributed by atoms with E-state index in [-0.39, 0.29) is 18.4 Å². The van der Waals surface area contributed by atoms with Crippen molar-refractivity contribution in [2.45, 2.75) is 19.4 Å². The number of carbonyl (C=O) groups is 2. The maximum Gasteiger partial charge on any atom is 0.321 e. The molecule has 0 bridgehead atoms. The smallest absolute Gasteiger partial charge is 0.321 e. The second kappa shape index (κ2) is 6.37. The summed E-state index contributed by atoms with van der Waals surface area (Å²) in [5.74, 6) is -1.09. The zero-order chi connectivity index (χ0) is 15.4. The fourth-order valence-electron chi connectivity index (χ4n) is 2.62.